The minimum atomic E-state index is -0.192. The minimum Gasteiger partial charge on any atom is -0.469 e. The lowest BCUT2D eigenvalue weighted by atomic mass is 9.96. The maximum Gasteiger partial charge on any atom is 0.310 e. The molecular weight excluding hydrogens is 266 g/mol. The van der Waals surface area contributed by atoms with E-state index >= 15 is 0 Å². The standard InChI is InChI=1S/C17H21NO3/c1-21-17(20)14-7-4-8-18(11-14)16(19)15-9-12-5-2-3-6-13(12)10-15/h2-3,5-6,14-15H,4,7-11H2,1H3. The van der Waals surface area contributed by atoms with Crippen LogP contribution in [0.25, 0.3) is 0 Å². The summed E-state index contributed by atoms with van der Waals surface area (Å²) in [4.78, 5) is 26.2. The number of esters is 1. The Morgan fingerprint density at radius 1 is 1.14 bits per heavy atom. The average Bonchev–Trinajstić information content (AvgIpc) is 2.97. The van der Waals surface area contributed by atoms with Crippen LogP contribution in [-0.2, 0) is 27.2 Å². The fourth-order valence-electron chi connectivity index (χ4n) is 3.53. The number of hydrogen-bond acceptors (Lipinski definition) is 3. The predicted molar refractivity (Wildman–Crippen MR) is 78.7 cm³/mol. The molecule has 4 nitrogen and oxygen atoms in total. The molecule has 3 rings (SSSR count). The van der Waals surface area contributed by atoms with E-state index in [2.05, 4.69) is 12.1 Å². The fraction of sp³-hybridized carbons (Fsp3) is 0.529. The Morgan fingerprint density at radius 2 is 1.81 bits per heavy atom. The molecule has 0 bridgehead atoms. The van der Waals surface area contributed by atoms with Gasteiger partial charge in [-0.25, -0.2) is 0 Å². The SMILES string of the molecule is COC(=O)C1CCCN(C(=O)C2Cc3ccccc3C2)C1. The molecule has 0 N–H and O–H groups in total. The summed E-state index contributed by atoms with van der Waals surface area (Å²) in [6.07, 6.45) is 3.36. The average molecular weight is 287 g/mol. The quantitative estimate of drug-likeness (QED) is 0.779. The summed E-state index contributed by atoms with van der Waals surface area (Å²) < 4.78 is 4.82. The molecule has 112 valence electrons. The maximum atomic E-state index is 12.7. The van der Waals surface area contributed by atoms with Crippen LogP contribution >= 0.6 is 0 Å². The first kappa shape index (κ1) is 14.1. The van der Waals surface area contributed by atoms with E-state index in [1.165, 1.54) is 18.2 Å². The lowest BCUT2D eigenvalue weighted by Gasteiger charge is -2.33. The second-order valence-corrected chi connectivity index (χ2v) is 6.02. The van der Waals surface area contributed by atoms with E-state index in [0.717, 1.165) is 32.2 Å². The number of ether oxygens (including phenoxy) is 1. The summed E-state index contributed by atoms with van der Waals surface area (Å²) in [7, 11) is 1.41. The largest absolute Gasteiger partial charge is 0.469 e. The summed E-state index contributed by atoms with van der Waals surface area (Å²) >= 11 is 0. The molecule has 0 saturated carbocycles. The molecule has 1 aromatic carbocycles. The monoisotopic (exact) mass is 287 g/mol. The van der Waals surface area contributed by atoms with E-state index in [1.807, 2.05) is 17.0 Å². The molecule has 1 fully saturated rings. The van der Waals surface area contributed by atoms with Crippen molar-refractivity contribution in [2.45, 2.75) is 25.7 Å². The summed E-state index contributed by atoms with van der Waals surface area (Å²) in [5.74, 6) is -0.114. The third-order valence-electron chi connectivity index (χ3n) is 4.67. The van der Waals surface area contributed by atoms with E-state index in [9.17, 15) is 9.59 Å². The van der Waals surface area contributed by atoms with Crippen LogP contribution in [0.5, 0.6) is 0 Å². The third-order valence-corrected chi connectivity index (χ3v) is 4.67. The van der Waals surface area contributed by atoms with Gasteiger partial charge >= 0.3 is 5.97 Å². The van der Waals surface area contributed by atoms with Gasteiger partial charge in [0, 0.05) is 19.0 Å². The normalized spacial score (nSPS) is 22.0. The second kappa shape index (κ2) is 5.88. The zero-order valence-electron chi connectivity index (χ0n) is 12.4. The van der Waals surface area contributed by atoms with Crippen LogP contribution in [0.4, 0.5) is 0 Å². The van der Waals surface area contributed by atoms with Crippen molar-refractivity contribution in [3.05, 3.63) is 35.4 Å². The number of methoxy groups -OCH3 is 1. The van der Waals surface area contributed by atoms with Crippen LogP contribution in [-0.4, -0.2) is 37.0 Å². The predicted octanol–water partition coefficient (Wildman–Crippen LogP) is 1.81. The van der Waals surface area contributed by atoms with E-state index in [1.54, 1.807) is 0 Å². The van der Waals surface area contributed by atoms with Crippen molar-refractivity contribution in [3.8, 4) is 0 Å². The highest BCUT2D eigenvalue weighted by Crippen LogP contribution is 2.29. The first-order valence-corrected chi connectivity index (χ1v) is 7.62. The van der Waals surface area contributed by atoms with E-state index < -0.39 is 0 Å². The maximum absolute atomic E-state index is 12.7. The van der Waals surface area contributed by atoms with Gasteiger partial charge in [0.25, 0.3) is 0 Å². The van der Waals surface area contributed by atoms with Gasteiger partial charge in [-0.3, -0.25) is 9.59 Å². The Labute approximate surface area is 125 Å². The lowest BCUT2D eigenvalue weighted by molar-refractivity contribution is -0.149. The van der Waals surface area contributed by atoms with E-state index in [4.69, 9.17) is 4.74 Å². The fourth-order valence-corrected chi connectivity index (χ4v) is 3.53. The van der Waals surface area contributed by atoms with Gasteiger partial charge in [-0.15, -0.1) is 0 Å². The van der Waals surface area contributed by atoms with Gasteiger partial charge in [0.05, 0.1) is 13.0 Å². The molecule has 4 heteroatoms. The Kier molecular flexibility index (Phi) is 3.95. The number of nitrogens with zero attached hydrogens (tertiary/aromatic N) is 1. The number of carbonyl (C=O) groups excluding carboxylic acids is 2. The Morgan fingerprint density at radius 3 is 2.43 bits per heavy atom. The second-order valence-electron chi connectivity index (χ2n) is 6.02. The molecule has 1 heterocycles. The van der Waals surface area contributed by atoms with E-state index in [-0.39, 0.29) is 23.7 Å². The molecule has 0 aromatic heterocycles. The molecule has 2 aliphatic rings. The molecule has 0 spiro atoms. The van der Waals surface area contributed by atoms with Gasteiger partial charge in [-0.1, -0.05) is 24.3 Å². The molecule has 21 heavy (non-hydrogen) atoms. The first-order valence-electron chi connectivity index (χ1n) is 7.62. The van der Waals surface area contributed by atoms with Crippen molar-refractivity contribution in [3.63, 3.8) is 0 Å². The van der Waals surface area contributed by atoms with Crippen LogP contribution in [0, 0.1) is 11.8 Å². The van der Waals surface area contributed by atoms with Crippen LogP contribution in [0.3, 0.4) is 0 Å². The first-order chi connectivity index (χ1) is 10.2. The van der Waals surface area contributed by atoms with Crippen molar-refractivity contribution in [1.29, 1.82) is 0 Å². The molecule has 1 atom stereocenters. The van der Waals surface area contributed by atoms with Crippen LogP contribution in [0.1, 0.15) is 24.0 Å². The van der Waals surface area contributed by atoms with Crippen molar-refractivity contribution in [2.24, 2.45) is 11.8 Å². The van der Waals surface area contributed by atoms with Gasteiger partial charge in [0.2, 0.25) is 5.91 Å². The van der Waals surface area contributed by atoms with Crippen molar-refractivity contribution in [1.82, 2.24) is 4.90 Å². The summed E-state index contributed by atoms with van der Waals surface area (Å²) in [5, 5.41) is 0. The van der Waals surface area contributed by atoms with Gasteiger partial charge in [0.15, 0.2) is 0 Å². The minimum absolute atomic E-state index is 0.0406. The summed E-state index contributed by atoms with van der Waals surface area (Å²) in [5.41, 5.74) is 2.58. The van der Waals surface area contributed by atoms with Crippen molar-refractivity contribution >= 4 is 11.9 Å². The topological polar surface area (TPSA) is 46.6 Å². The number of amides is 1. The Hall–Kier alpha value is -1.84. The number of likely N-dealkylation sites (tertiary alicyclic amines) is 1. The number of carbonyl (C=O) groups is 2. The smallest absolute Gasteiger partial charge is 0.310 e. The molecule has 1 unspecified atom stereocenters. The number of rotatable bonds is 2. The molecule has 1 aliphatic carbocycles. The highest BCUT2D eigenvalue weighted by atomic mass is 16.5. The number of fused-ring (bicyclic) bond motifs is 1. The number of hydrogen-bond donors (Lipinski definition) is 0. The highest BCUT2D eigenvalue weighted by Gasteiger charge is 2.34. The molecule has 1 aliphatic heterocycles. The van der Waals surface area contributed by atoms with Crippen molar-refractivity contribution < 1.29 is 14.3 Å². The summed E-state index contributed by atoms with van der Waals surface area (Å²) in [6, 6.07) is 8.27. The van der Waals surface area contributed by atoms with Crippen LogP contribution < -0.4 is 0 Å². The van der Waals surface area contributed by atoms with Crippen LogP contribution in [0.15, 0.2) is 24.3 Å². The van der Waals surface area contributed by atoms with Gasteiger partial charge < -0.3 is 9.64 Å². The highest BCUT2D eigenvalue weighted by molar-refractivity contribution is 5.81. The van der Waals surface area contributed by atoms with Gasteiger partial charge in [0.1, 0.15) is 0 Å². The summed E-state index contributed by atoms with van der Waals surface area (Å²) in [6.45, 7) is 1.28. The molecule has 1 saturated heterocycles. The van der Waals surface area contributed by atoms with Gasteiger partial charge in [-0.2, -0.15) is 0 Å². The third kappa shape index (κ3) is 2.80. The van der Waals surface area contributed by atoms with E-state index in [0.29, 0.717) is 6.54 Å². The Bertz CT molecular complexity index is 530. The van der Waals surface area contributed by atoms with Gasteiger partial charge in [-0.05, 0) is 36.8 Å². The lowest BCUT2D eigenvalue weighted by Crippen LogP contribution is -2.45. The molecule has 1 aromatic rings. The van der Waals surface area contributed by atoms with Crippen LogP contribution in [0.2, 0.25) is 0 Å². The zero-order valence-corrected chi connectivity index (χ0v) is 12.4. The molecular formula is C17H21NO3. The number of piperidine rings is 1. The number of benzene rings is 1. The Balaban J connectivity index is 1.65. The zero-order chi connectivity index (χ0) is 14.8. The van der Waals surface area contributed by atoms with Crippen molar-refractivity contribution in [2.75, 3.05) is 20.2 Å². The molecule has 1 amide bonds. The molecule has 0 radical (unpaired) electrons.